The van der Waals surface area contributed by atoms with Gasteiger partial charge in [-0.05, 0) is 43.3 Å². The van der Waals surface area contributed by atoms with Gasteiger partial charge in [-0.1, -0.05) is 35.3 Å². The second-order valence-corrected chi connectivity index (χ2v) is 6.87. The lowest BCUT2D eigenvalue weighted by Gasteiger charge is -2.15. The fraction of sp³-hybridized carbons (Fsp3) is 0.143. The van der Waals surface area contributed by atoms with Crippen LogP contribution >= 0.6 is 23.2 Å². The molecule has 0 fully saturated rings. The smallest absolute Gasteiger partial charge is 0.418 e. The van der Waals surface area contributed by atoms with E-state index in [-0.39, 0.29) is 34.4 Å². The number of halogens is 5. The van der Waals surface area contributed by atoms with Crippen LogP contribution in [0.15, 0.2) is 54.6 Å². The molecular formula is C21H14Cl2F3NO3. The highest BCUT2D eigenvalue weighted by Gasteiger charge is 2.35. The summed E-state index contributed by atoms with van der Waals surface area (Å²) in [5.74, 6) is -0.573. The zero-order valence-corrected chi connectivity index (χ0v) is 17.0. The van der Waals surface area contributed by atoms with Gasteiger partial charge in [0.2, 0.25) is 5.88 Å². The van der Waals surface area contributed by atoms with E-state index >= 15 is 0 Å². The van der Waals surface area contributed by atoms with Crippen molar-refractivity contribution in [2.75, 3.05) is 6.61 Å². The van der Waals surface area contributed by atoms with Gasteiger partial charge in [-0.25, -0.2) is 9.78 Å². The average molecular weight is 456 g/mol. The SMILES string of the molecule is CCOC(=O)c1cccc(-c2nc(Oc3ccc(Cl)cc3Cl)ccc2C(F)(F)F)c1. The highest BCUT2D eigenvalue weighted by molar-refractivity contribution is 6.35. The van der Waals surface area contributed by atoms with E-state index in [9.17, 15) is 18.0 Å². The minimum atomic E-state index is -4.67. The lowest BCUT2D eigenvalue weighted by molar-refractivity contribution is -0.137. The van der Waals surface area contributed by atoms with Gasteiger partial charge < -0.3 is 9.47 Å². The molecule has 0 unspecified atom stereocenters. The Morgan fingerprint density at radius 2 is 1.83 bits per heavy atom. The lowest BCUT2D eigenvalue weighted by Crippen LogP contribution is -2.10. The molecule has 9 heteroatoms. The van der Waals surface area contributed by atoms with Crippen molar-refractivity contribution < 1.29 is 27.4 Å². The Morgan fingerprint density at radius 3 is 2.50 bits per heavy atom. The minimum Gasteiger partial charge on any atom is -0.462 e. The third-order valence-electron chi connectivity index (χ3n) is 3.93. The molecular weight excluding hydrogens is 442 g/mol. The number of benzene rings is 2. The molecule has 0 N–H and O–H groups in total. The van der Waals surface area contributed by atoms with E-state index in [0.29, 0.717) is 5.02 Å². The molecule has 156 valence electrons. The van der Waals surface area contributed by atoms with Crippen LogP contribution in [-0.2, 0) is 10.9 Å². The van der Waals surface area contributed by atoms with Crippen LogP contribution in [0.4, 0.5) is 13.2 Å². The van der Waals surface area contributed by atoms with E-state index in [1.807, 2.05) is 0 Å². The molecule has 0 saturated carbocycles. The summed E-state index contributed by atoms with van der Waals surface area (Å²) in [6, 6.07) is 12.0. The number of hydrogen-bond acceptors (Lipinski definition) is 4. The molecule has 0 atom stereocenters. The van der Waals surface area contributed by atoms with E-state index in [2.05, 4.69) is 4.98 Å². The van der Waals surface area contributed by atoms with Crippen LogP contribution in [0.5, 0.6) is 11.6 Å². The molecule has 0 aliphatic carbocycles. The van der Waals surface area contributed by atoms with Crippen molar-refractivity contribution in [1.82, 2.24) is 4.98 Å². The van der Waals surface area contributed by atoms with Crippen molar-refractivity contribution >= 4 is 29.2 Å². The number of aromatic nitrogens is 1. The Morgan fingerprint density at radius 1 is 1.07 bits per heavy atom. The molecule has 2 aromatic carbocycles. The molecule has 0 spiro atoms. The molecule has 4 nitrogen and oxygen atoms in total. The molecule has 0 radical (unpaired) electrons. The topological polar surface area (TPSA) is 48.4 Å². The molecule has 0 saturated heterocycles. The standard InChI is InChI=1S/C21H14Cl2F3NO3/c1-2-29-20(28)13-5-3-4-12(10-13)19-15(21(24,25)26)7-9-18(27-19)30-17-8-6-14(22)11-16(17)23/h3-11H,2H2,1H3. The van der Waals surface area contributed by atoms with Crippen LogP contribution in [-0.4, -0.2) is 17.6 Å². The normalized spacial score (nSPS) is 11.3. The number of esters is 1. The predicted molar refractivity (Wildman–Crippen MR) is 107 cm³/mol. The quantitative estimate of drug-likeness (QED) is 0.387. The van der Waals surface area contributed by atoms with E-state index in [0.717, 1.165) is 12.1 Å². The maximum Gasteiger partial charge on any atom is 0.418 e. The Kier molecular flexibility index (Phi) is 6.53. The van der Waals surface area contributed by atoms with E-state index in [4.69, 9.17) is 32.7 Å². The highest BCUT2D eigenvalue weighted by atomic mass is 35.5. The largest absolute Gasteiger partial charge is 0.462 e. The van der Waals surface area contributed by atoms with Gasteiger partial charge in [0.1, 0.15) is 5.75 Å². The third-order valence-corrected chi connectivity index (χ3v) is 4.46. The predicted octanol–water partition coefficient (Wildman–Crippen LogP) is 7.04. The monoisotopic (exact) mass is 455 g/mol. The highest BCUT2D eigenvalue weighted by Crippen LogP contribution is 2.39. The van der Waals surface area contributed by atoms with Crippen molar-refractivity contribution in [3.8, 4) is 22.9 Å². The molecule has 0 amide bonds. The number of ether oxygens (including phenoxy) is 2. The summed E-state index contributed by atoms with van der Waals surface area (Å²) in [5.41, 5.74) is -1.17. The molecule has 0 bridgehead atoms. The maximum atomic E-state index is 13.6. The Labute approximate surface area is 180 Å². The van der Waals surface area contributed by atoms with Crippen LogP contribution in [0.1, 0.15) is 22.8 Å². The molecule has 3 aromatic rings. The van der Waals surface area contributed by atoms with Crippen LogP contribution in [0, 0.1) is 0 Å². The number of hydrogen-bond donors (Lipinski definition) is 0. The zero-order chi connectivity index (χ0) is 21.9. The van der Waals surface area contributed by atoms with Crippen molar-refractivity contribution in [2.24, 2.45) is 0 Å². The van der Waals surface area contributed by atoms with Gasteiger partial charge in [-0.2, -0.15) is 13.2 Å². The maximum absolute atomic E-state index is 13.6. The second-order valence-electron chi connectivity index (χ2n) is 6.02. The van der Waals surface area contributed by atoms with Crippen molar-refractivity contribution in [1.29, 1.82) is 0 Å². The fourth-order valence-electron chi connectivity index (χ4n) is 2.63. The van der Waals surface area contributed by atoms with Gasteiger partial charge >= 0.3 is 12.1 Å². The summed E-state index contributed by atoms with van der Waals surface area (Å²) in [5, 5.41) is 0.555. The van der Waals surface area contributed by atoms with E-state index < -0.39 is 23.4 Å². The van der Waals surface area contributed by atoms with Crippen LogP contribution in [0.2, 0.25) is 10.0 Å². The van der Waals surface area contributed by atoms with E-state index in [1.54, 1.807) is 6.92 Å². The van der Waals surface area contributed by atoms with E-state index in [1.165, 1.54) is 42.5 Å². The first-order chi connectivity index (χ1) is 14.2. The Hall–Kier alpha value is -2.77. The van der Waals surface area contributed by atoms with Crippen LogP contribution < -0.4 is 4.74 Å². The minimum absolute atomic E-state index is 0.0838. The number of alkyl halides is 3. The molecule has 30 heavy (non-hydrogen) atoms. The molecule has 3 rings (SSSR count). The molecule has 1 heterocycles. The summed E-state index contributed by atoms with van der Waals surface area (Å²) in [6.45, 7) is 1.77. The van der Waals surface area contributed by atoms with Gasteiger partial charge in [0.05, 0.1) is 28.5 Å². The number of carbonyl (C=O) groups excluding carboxylic acids is 1. The molecule has 0 aliphatic rings. The third kappa shape index (κ3) is 5.04. The first kappa shape index (κ1) is 21.9. The summed E-state index contributed by atoms with van der Waals surface area (Å²) >= 11 is 11.9. The summed E-state index contributed by atoms with van der Waals surface area (Å²) in [4.78, 5) is 16.0. The van der Waals surface area contributed by atoms with Gasteiger partial charge in [0.25, 0.3) is 0 Å². The van der Waals surface area contributed by atoms with Crippen molar-refractivity contribution in [3.05, 3.63) is 75.8 Å². The summed E-state index contributed by atoms with van der Waals surface area (Å²) < 4.78 is 51.2. The first-order valence-electron chi connectivity index (χ1n) is 8.67. The average Bonchev–Trinajstić information content (AvgIpc) is 2.69. The first-order valence-corrected chi connectivity index (χ1v) is 9.43. The van der Waals surface area contributed by atoms with Crippen molar-refractivity contribution in [2.45, 2.75) is 13.1 Å². The van der Waals surface area contributed by atoms with Crippen LogP contribution in [0.3, 0.4) is 0 Å². The molecule has 0 aliphatic heterocycles. The van der Waals surface area contributed by atoms with Crippen LogP contribution in [0.25, 0.3) is 11.3 Å². The van der Waals surface area contributed by atoms with Gasteiger partial charge in [-0.15, -0.1) is 0 Å². The summed E-state index contributed by atoms with van der Waals surface area (Å²) in [7, 11) is 0. The fourth-order valence-corrected chi connectivity index (χ4v) is 3.07. The van der Waals surface area contributed by atoms with Crippen molar-refractivity contribution in [3.63, 3.8) is 0 Å². The zero-order valence-electron chi connectivity index (χ0n) is 15.5. The van der Waals surface area contributed by atoms with Gasteiger partial charge in [-0.3, -0.25) is 0 Å². The Bertz CT molecular complexity index is 1090. The van der Waals surface area contributed by atoms with Gasteiger partial charge in [0.15, 0.2) is 0 Å². The summed E-state index contributed by atoms with van der Waals surface area (Å²) in [6.07, 6.45) is -4.67. The number of rotatable bonds is 5. The number of pyridine rings is 1. The number of carbonyl (C=O) groups is 1. The second kappa shape index (κ2) is 8.93. The Balaban J connectivity index is 2.06. The number of nitrogens with zero attached hydrogens (tertiary/aromatic N) is 1. The van der Waals surface area contributed by atoms with Gasteiger partial charge in [0, 0.05) is 16.7 Å². The molecule has 1 aromatic heterocycles. The lowest BCUT2D eigenvalue weighted by atomic mass is 10.0.